The van der Waals surface area contributed by atoms with Crippen molar-refractivity contribution in [3.63, 3.8) is 0 Å². The third-order valence-electron chi connectivity index (χ3n) is 10.6. The van der Waals surface area contributed by atoms with Gasteiger partial charge in [-0.3, -0.25) is 0 Å². The molecule has 0 aliphatic carbocycles. The van der Waals surface area contributed by atoms with Crippen LogP contribution in [0.3, 0.4) is 0 Å². The Morgan fingerprint density at radius 1 is 0.286 bits per heavy atom. The molecule has 0 bridgehead atoms. The number of benzene rings is 10. The van der Waals surface area contributed by atoms with Crippen LogP contribution in [0.25, 0.3) is 109 Å². The van der Waals surface area contributed by atoms with E-state index in [4.69, 9.17) is 4.42 Å². The third-order valence-corrected chi connectivity index (χ3v) is 10.6. The molecule has 0 N–H and O–H groups in total. The molecule has 0 unspecified atom stereocenters. The lowest BCUT2D eigenvalue weighted by molar-refractivity contribution is 0.670. The monoisotopic (exact) mass is 620 g/mol. The lowest BCUT2D eigenvalue weighted by Crippen LogP contribution is -1.91. The molecule has 226 valence electrons. The van der Waals surface area contributed by atoms with E-state index in [1.54, 1.807) is 0 Å². The lowest BCUT2D eigenvalue weighted by Gasteiger charge is -2.17. The fourth-order valence-electron chi connectivity index (χ4n) is 8.45. The second kappa shape index (κ2) is 10.0. The highest BCUT2D eigenvalue weighted by Gasteiger charge is 2.21. The maximum Gasteiger partial charge on any atom is 0.143 e. The molecule has 1 heterocycles. The fourth-order valence-corrected chi connectivity index (χ4v) is 8.45. The molecule has 0 spiro atoms. The van der Waals surface area contributed by atoms with Crippen molar-refractivity contribution in [1.82, 2.24) is 0 Å². The first-order chi connectivity index (χ1) is 24.3. The molecule has 1 nitrogen and oxygen atoms in total. The van der Waals surface area contributed by atoms with E-state index in [2.05, 4.69) is 170 Å². The summed E-state index contributed by atoms with van der Waals surface area (Å²) in [6.45, 7) is 0. The fraction of sp³-hybridized carbons (Fsp3) is 0. The third kappa shape index (κ3) is 3.76. The van der Waals surface area contributed by atoms with Crippen molar-refractivity contribution in [2.45, 2.75) is 0 Å². The van der Waals surface area contributed by atoms with Crippen molar-refractivity contribution in [2.75, 3.05) is 0 Å². The Morgan fingerprint density at radius 2 is 0.857 bits per heavy atom. The van der Waals surface area contributed by atoms with Gasteiger partial charge in [0, 0.05) is 16.3 Å². The molecule has 49 heavy (non-hydrogen) atoms. The molecule has 1 aromatic heterocycles. The molecule has 0 amide bonds. The lowest BCUT2D eigenvalue weighted by atomic mass is 9.85. The van der Waals surface area contributed by atoms with Gasteiger partial charge in [0.2, 0.25) is 0 Å². The first-order valence-corrected chi connectivity index (χ1v) is 16.9. The maximum absolute atomic E-state index is 6.85. The van der Waals surface area contributed by atoms with Gasteiger partial charge in [0.05, 0.1) is 0 Å². The van der Waals surface area contributed by atoms with E-state index in [1.807, 2.05) is 0 Å². The van der Waals surface area contributed by atoms with Gasteiger partial charge in [-0.1, -0.05) is 152 Å². The summed E-state index contributed by atoms with van der Waals surface area (Å²) >= 11 is 0. The predicted octanol–water partition coefficient (Wildman–Crippen LogP) is 13.8. The highest BCUT2D eigenvalue weighted by molar-refractivity contribution is 6.29. The molecule has 0 aliphatic heterocycles. The Labute approximate surface area is 282 Å². The van der Waals surface area contributed by atoms with Crippen LogP contribution in [0.2, 0.25) is 0 Å². The molecule has 0 saturated heterocycles. The molecule has 0 aliphatic rings. The van der Waals surface area contributed by atoms with Crippen LogP contribution in [0.5, 0.6) is 0 Å². The summed E-state index contributed by atoms with van der Waals surface area (Å²) in [5.74, 6) is 0. The van der Waals surface area contributed by atoms with Gasteiger partial charge in [-0.25, -0.2) is 0 Å². The van der Waals surface area contributed by atoms with Gasteiger partial charge in [0.25, 0.3) is 0 Å². The Balaban J connectivity index is 1.23. The smallest absolute Gasteiger partial charge is 0.143 e. The van der Waals surface area contributed by atoms with Gasteiger partial charge in [-0.2, -0.15) is 0 Å². The summed E-state index contributed by atoms with van der Waals surface area (Å²) in [6, 6.07) is 61.9. The molecule has 0 saturated carbocycles. The van der Waals surface area contributed by atoms with Crippen LogP contribution in [0.4, 0.5) is 0 Å². The van der Waals surface area contributed by atoms with Crippen molar-refractivity contribution < 1.29 is 4.42 Å². The van der Waals surface area contributed by atoms with Crippen LogP contribution in [0.15, 0.2) is 174 Å². The number of fused-ring (bicyclic) bond motifs is 6. The predicted molar refractivity (Wildman–Crippen MR) is 209 cm³/mol. The van der Waals surface area contributed by atoms with E-state index in [0.29, 0.717) is 0 Å². The molecule has 1 heteroatoms. The summed E-state index contributed by atoms with van der Waals surface area (Å²) in [5.41, 5.74) is 9.05. The van der Waals surface area contributed by atoms with E-state index in [0.717, 1.165) is 27.5 Å². The van der Waals surface area contributed by atoms with Crippen molar-refractivity contribution in [3.8, 4) is 33.4 Å². The van der Waals surface area contributed by atoms with Gasteiger partial charge in [0.1, 0.15) is 11.2 Å². The summed E-state index contributed by atoms with van der Waals surface area (Å²) in [6.07, 6.45) is 0. The average Bonchev–Trinajstić information content (AvgIpc) is 3.57. The zero-order chi connectivity index (χ0) is 32.1. The largest absolute Gasteiger partial charge is 0.455 e. The van der Waals surface area contributed by atoms with Crippen LogP contribution >= 0.6 is 0 Å². The molecular formula is C48H28O. The standard InChI is InChI=1S/C48H28O/c1-2-10-29(11-3-1)34-22-18-30-21-25-39-37(23-19-31-20-24-38(34)45(30)46(31)39)40-26-27-41(48-47(40)42-16-8-9-17-44(42)49-48)43-28-32-12-4-5-13-33(32)35-14-6-7-15-36(35)43/h1-28H. The van der Waals surface area contributed by atoms with Crippen molar-refractivity contribution in [1.29, 1.82) is 0 Å². The van der Waals surface area contributed by atoms with Crippen LogP contribution in [0.1, 0.15) is 0 Å². The highest BCUT2D eigenvalue weighted by Crippen LogP contribution is 2.48. The minimum absolute atomic E-state index is 0.904. The zero-order valence-corrected chi connectivity index (χ0v) is 26.6. The number of rotatable bonds is 3. The average molecular weight is 621 g/mol. The van der Waals surface area contributed by atoms with Gasteiger partial charge in [0.15, 0.2) is 0 Å². The summed E-state index contributed by atoms with van der Waals surface area (Å²) in [5, 5.41) is 15.0. The summed E-state index contributed by atoms with van der Waals surface area (Å²) in [4.78, 5) is 0. The van der Waals surface area contributed by atoms with Gasteiger partial charge >= 0.3 is 0 Å². The van der Waals surface area contributed by atoms with Crippen LogP contribution in [0, 0.1) is 0 Å². The number of hydrogen-bond acceptors (Lipinski definition) is 1. The van der Waals surface area contributed by atoms with E-state index >= 15 is 0 Å². The number of hydrogen-bond donors (Lipinski definition) is 0. The second-order valence-corrected chi connectivity index (χ2v) is 13.2. The molecule has 0 radical (unpaired) electrons. The number of furan rings is 1. The van der Waals surface area contributed by atoms with E-state index in [1.165, 1.54) is 81.7 Å². The highest BCUT2D eigenvalue weighted by atomic mass is 16.3. The number of para-hydroxylation sites is 1. The summed E-state index contributed by atoms with van der Waals surface area (Å²) in [7, 11) is 0. The van der Waals surface area contributed by atoms with E-state index in [-0.39, 0.29) is 0 Å². The Bertz CT molecular complexity index is 3090. The van der Waals surface area contributed by atoms with E-state index < -0.39 is 0 Å². The van der Waals surface area contributed by atoms with E-state index in [9.17, 15) is 0 Å². The first kappa shape index (κ1) is 26.6. The van der Waals surface area contributed by atoms with Gasteiger partial charge in [-0.05, 0) is 99.9 Å². The van der Waals surface area contributed by atoms with Gasteiger partial charge in [-0.15, -0.1) is 0 Å². The Kier molecular flexibility index (Phi) is 5.45. The molecule has 0 atom stereocenters. The Morgan fingerprint density at radius 3 is 1.65 bits per heavy atom. The minimum Gasteiger partial charge on any atom is -0.455 e. The van der Waals surface area contributed by atoms with Crippen LogP contribution in [-0.2, 0) is 0 Å². The Hall–Kier alpha value is -6.44. The molecule has 11 rings (SSSR count). The summed E-state index contributed by atoms with van der Waals surface area (Å²) < 4.78 is 6.85. The maximum atomic E-state index is 6.85. The van der Waals surface area contributed by atoms with Crippen molar-refractivity contribution >= 4 is 75.8 Å². The first-order valence-electron chi connectivity index (χ1n) is 16.9. The van der Waals surface area contributed by atoms with Crippen molar-refractivity contribution in [2.24, 2.45) is 0 Å². The van der Waals surface area contributed by atoms with Crippen LogP contribution < -0.4 is 0 Å². The molecule has 0 fully saturated rings. The zero-order valence-electron chi connectivity index (χ0n) is 26.6. The second-order valence-electron chi connectivity index (χ2n) is 13.2. The minimum atomic E-state index is 0.904. The quantitative estimate of drug-likeness (QED) is 0.179. The van der Waals surface area contributed by atoms with Crippen LogP contribution in [-0.4, -0.2) is 0 Å². The normalized spacial score (nSPS) is 12.1. The molecule has 10 aromatic carbocycles. The van der Waals surface area contributed by atoms with Crippen molar-refractivity contribution in [3.05, 3.63) is 170 Å². The molecular weight excluding hydrogens is 593 g/mol. The van der Waals surface area contributed by atoms with Gasteiger partial charge < -0.3 is 4.42 Å². The SMILES string of the molecule is c1ccc(-c2ccc3ccc4c(-c5ccc(-c6cc7ccccc7c7ccccc67)c6oc7ccccc7c56)ccc5ccc2c3c54)cc1. The molecule has 11 aromatic rings. The topological polar surface area (TPSA) is 13.1 Å².